The molecule has 0 N–H and O–H groups in total. The minimum absolute atomic E-state index is 0.0671. The number of rotatable bonds is 6. The quantitative estimate of drug-likeness (QED) is 0.515. The number of carbonyl (C=O) groups is 1. The molecule has 60 valence electrons. The fraction of sp³-hybridized carbons (Fsp3) is 0.857. The number of carbonyl (C=O) groups excluding carboxylic acids is 1. The number of Topliss-reactive ketones (excluding diaryl/α,β-unsaturated/α-hetero) is 1. The molecule has 0 aliphatic carbocycles. The van der Waals surface area contributed by atoms with Crippen molar-refractivity contribution < 1.29 is 14.3 Å². The Balaban J connectivity index is 2.84. The summed E-state index contributed by atoms with van der Waals surface area (Å²) in [5.74, 6) is 0.0671. The van der Waals surface area contributed by atoms with Gasteiger partial charge in [0, 0.05) is 20.3 Å². The van der Waals surface area contributed by atoms with Crippen LogP contribution in [0.3, 0.4) is 0 Å². The molecule has 0 rings (SSSR count). The largest absolute Gasteiger partial charge is 0.385 e. The molecule has 0 aliphatic rings. The Bertz CT molecular complexity index is 90.9. The van der Waals surface area contributed by atoms with Gasteiger partial charge in [0.25, 0.3) is 0 Å². The van der Waals surface area contributed by atoms with Crippen molar-refractivity contribution >= 4 is 5.78 Å². The van der Waals surface area contributed by atoms with Crippen LogP contribution in [0.25, 0.3) is 0 Å². The van der Waals surface area contributed by atoms with Crippen molar-refractivity contribution in [2.24, 2.45) is 0 Å². The molecule has 0 spiro atoms. The number of ketones is 1. The highest BCUT2D eigenvalue weighted by Gasteiger charge is 1.91. The molecule has 0 saturated heterocycles. The van der Waals surface area contributed by atoms with Gasteiger partial charge in [-0.25, -0.2) is 0 Å². The Labute approximate surface area is 61.3 Å². The summed E-state index contributed by atoms with van der Waals surface area (Å²) in [5.41, 5.74) is 0. The fourth-order valence-corrected chi connectivity index (χ4v) is 0.521. The van der Waals surface area contributed by atoms with Crippen molar-refractivity contribution in [3.8, 4) is 0 Å². The molecule has 0 amide bonds. The minimum Gasteiger partial charge on any atom is -0.385 e. The molecule has 0 aliphatic heterocycles. The molecule has 0 atom stereocenters. The molecule has 3 nitrogen and oxygen atoms in total. The maximum absolute atomic E-state index is 10.3. The van der Waals surface area contributed by atoms with Gasteiger partial charge in [0.2, 0.25) is 0 Å². The van der Waals surface area contributed by atoms with E-state index in [1.807, 2.05) is 0 Å². The maximum Gasteiger partial charge on any atom is 0.155 e. The zero-order chi connectivity index (χ0) is 7.82. The molecule has 0 aromatic carbocycles. The van der Waals surface area contributed by atoms with Crippen LogP contribution in [-0.2, 0) is 14.3 Å². The van der Waals surface area contributed by atoms with Gasteiger partial charge in [0.15, 0.2) is 5.78 Å². The van der Waals surface area contributed by atoms with Gasteiger partial charge in [-0.1, -0.05) is 0 Å². The molecule has 0 fully saturated rings. The number of hydrogen-bond donors (Lipinski definition) is 0. The van der Waals surface area contributed by atoms with Crippen LogP contribution >= 0.6 is 0 Å². The van der Waals surface area contributed by atoms with Gasteiger partial charge in [-0.2, -0.15) is 0 Å². The monoisotopic (exact) mass is 146 g/mol. The zero-order valence-corrected chi connectivity index (χ0v) is 6.55. The van der Waals surface area contributed by atoms with Gasteiger partial charge in [-0.3, -0.25) is 4.79 Å². The summed E-state index contributed by atoms with van der Waals surface area (Å²) >= 11 is 0. The average Bonchev–Trinajstić information content (AvgIpc) is 1.87. The van der Waals surface area contributed by atoms with Crippen molar-refractivity contribution in [1.82, 2.24) is 0 Å². The van der Waals surface area contributed by atoms with Crippen LogP contribution in [0.5, 0.6) is 0 Å². The fourth-order valence-electron chi connectivity index (χ4n) is 0.521. The molecule has 10 heavy (non-hydrogen) atoms. The summed E-state index contributed by atoms with van der Waals surface area (Å²) in [7, 11) is 1.64. The van der Waals surface area contributed by atoms with Crippen LogP contribution in [0.4, 0.5) is 0 Å². The predicted molar refractivity (Wildman–Crippen MR) is 38.0 cm³/mol. The second-order valence-corrected chi connectivity index (χ2v) is 2.10. The summed E-state index contributed by atoms with van der Waals surface area (Å²) in [4.78, 5) is 10.3. The van der Waals surface area contributed by atoms with Gasteiger partial charge < -0.3 is 9.47 Å². The van der Waals surface area contributed by atoms with E-state index in [0.717, 1.165) is 6.42 Å². The molecule has 0 unspecified atom stereocenters. The van der Waals surface area contributed by atoms with Crippen LogP contribution in [0, 0.1) is 0 Å². The van der Waals surface area contributed by atoms with Crippen molar-refractivity contribution in [2.45, 2.75) is 13.3 Å². The van der Waals surface area contributed by atoms with E-state index >= 15 is 0 Å². The molecular formula is C7H14O3. The van der Waals surface area contributed by atoms with E-state index in [0.29, 0.717) is 13.2 Å². The van der Waals surface area contributed by atoms with Crippen molar-refractivity contribution in [1.29, 1.82) is 0 Å². The van der Waals surface area contributed by atoms with Crippen LogP contribution < -0.4 is 0 Å². The lowest BCUT2D eigenvalue weighted by molar-refractivity contribution is -0.121. The average molecular weight is 146 g/mol. The van der Waals surface area contributed by atoms with Crippen molar-refractivity contribution in [3.05, 3.63) is 0 Å². The summed E-state index contributed by atoms with van der Waals surface area (Å²) in [6.45, 7) is 3.03. The number of methoxy groups -OCH3 is 1. The third-order valence-corrected chi connectivity index (χ3v) is 0.942. The van der Waals surface area contributed by atoms with E-state index in [9.17, 15) is 4.79 Å². The van der Waals surface area contributed by atoms with Gasteiger partial charge in [-0.15, -0.1) is 0 Å². The highest BCUT2D eigenvalue weighted by Crippen LogP contribution is 1.83. The van der Waals surface area contributed by atoms with Crippen LogP contribution in [0.1, 0.15) is 13.3 Å². The van der Waals surface area contributed by atoms with Gasteiger partial charge in [0.05, 0.1) is 0 Å². The predicted octanol–water partition coefficient (Wildman–Crippen LogP) is 0.629. The maximum atomic E-state index is 10.3. The Morgan fingerprint density at radius 2 is 2.10 bits per heavy atom. The molecule has 0 saturated carbocycles. The standard InChI is InChI=1S/C7H14O3/c1-7(8)6-10-5-3-4-9-2/h3-6H2,1-2H3. The van der Waals surface area contributed by atoms with Crippen molar-refractivity contribution in [2.75, 3.05) is 26.9 Å². The second-order valence-electron chi connectivity index (χ2n) is 2.10. The molecule has 0 heterocycles. The third kappa shape index (κ3) is 7.59. The molecule has 0 aromatic rings. The molecular weight excluding hydrogens is 132 g/mol. The second kappa shape index (κ2) is 6.71. The summed E-state index contributed by atoms with van der Waals surface area (Å²) in [5, 5.41) is 0. The summed E-state index contributed by atoms with van der Waals surface area (Å²) in [6, 6.07) is 0. The van der Waals surface area contributed by atoms with E-state index < -0.39 is 0 Å². The molecule has 0 aromatic heterocycles. The first-order chi connectivity index (χ1) is 4.77. The summed E-state index contributed by atoms with van der Waals surface area (Å²) in [6.07, 6.45) is 0.851. The zero-order valence-electron chi connectivity index (χ0n) is 6.55. The Kier molecular flexibility index (Phi) is 6.43. The van der Waals surface area contributed by atoms with E-state index in [1.54, 1.807) is 7.11 Å². The Hall–Kier alpha value is -0.410. The number of hydrogen-bond acceptors (Lipinski definition) is 3. The minimum atomic E-state index is 0.0671. The van der Waals surface area contributed by atoms with E-state index in [4.69, 9.17) is 9.47 Å². The third-order valence-electron chi connectivity index (χ3n) is 0.942. The van der Waals surface area contributed by atoms with E-state index in [1.165, 1.54) is 6.92 Å². The van der Waals surface area contributed by atoms with E-state index in [-0.39, 0.29) is 12.4 Å². The Morgan fingerprint density at radius 3 is 2.60 bits per heavy atom. The summed E-state index contributed by atoms with van der Waals surface area (Å²) < 4.78 is 9.75. The molecule has 3 heteroatoms. The lowest BCUT2D eigenvalue weighted by Crippen LogP contribution is -2.06. The number of ether oxygens (including phenoxy) is 2. The van der Waals surface area contributed by atoms with Crippen molar-refractivity contribution in [3.63, 3.8) is 0 Å². The van der Waals surface area contributed by atoms with Crippen LogP contribution in [0.2, 0.25) is 0 Å². The smallest absolute Gasteiger partial charge is 0.155 e. The van der Waals surface area contributed by atoms with Gasteiger partial charge in [0.1, 0.15) is 6.61 Å². The van der Waals surface area contributed by atoms with E-state index in [2.05, 4.69) is 0 Å². The van der Waals surface area contributed by atoms with Gasteiger partial charge in [-0.05, 0) is 13.3 Å². The van der Waals surface area contributed by atoms with Crippen LogP contribution in [-0.4, -0.2) is 32.7 Å². The van der Waals surface area contributed by atoms with Crippen LogP contribution in [0.15, 0.2) is 0 Å². The first-order valence-electron chi connectivity index (χ1n) is 3.33. The normalized spacial score (nSPS) is 9.80. The highest BCUT2D eigenvalue weighted by atomic mass is 16.5. The van der Waals surface area contributed by atoms with Gasteiger partial charge >= 0.3 is 0 Å². The first kappa shape index (κ1) is 9.59. The lowest BCUT2D eigenvalue weighted by atomic mass is 10.4. The highest BCUT2D eigenvalue weighted by molar-refractivity contribution is 5.76. The Morgan fingerprint density at radius 1 is 1.40 bits per heavy atom. The topological polar surface area (TPSA) is 35.5 Å². The lowest BCUT2D eigenvalue weighted by Gasteiger charge is -1.99. The SMILES string of the molecule is COCCCOCC(C)=O. The molecule has 0 radical (unpaired) electrons. The molecule has 0 bridgehead atoms. The first-order valence-corrected chi connectivity index (χ1v) is 3.33.